The molecule has 0 unspecified atom stereocenters. The summed E-state index contributed by atoms with van der Waals surface area (Å²) in [4.78, 5) is 12.1. The zero-order valence-electron chi connectivity index (χ0n) is 19.4. The van der Waals surface area contributed by atoms with Gasteiger partial charge in [-0.1, -0.05) is 54.1 Å². The van der Waals surface area contributed by atoms with Gasteiger partial charge in [-0.15, -0.1) is 11.8 Å². The highest BCUT2D eigenvalue weighted by atomic mass is 35.5. The molecule has 4 aromatic rings. The lowest BCUT2D eigenvalue weighted by Gasteiger charge is -2.17. The molecule has 36 heavy (non-hydrogen) atoms. The average molecular weight is 520 g/mol. The van der Waals surface area contributed by atoms with Gasteiger partial charge in [0.2, 0.25) is 0 Å². The van der Waals surface area contributed by atoms with Gasteiger partial charge < -0.3 is 15.2 Å². The van der Waals surface area contributed by atoms with Crippen LogP contribution in [-0.4, -0.2) is 18.2 Å². The third kappa shape index (κ3) is 6.47. The van der Waals surface area contributed by atoms with Crippen LogP contribution in [-0.2, 0) is 10.5 Å². The van der Waals surface area contributed by atoms with Gasteiger partial charge in [-0.2, -0.15) is 0 Å². The van der Waals surface area contributed by atoms with Crippen molar-refractivity contribution in [1.29, 1.82) is 0 Å². The minimum atomic E-state index is -1.07. The van der Waals surface area contributed by atoms with Crippen LogP contribution in [0, 0.1) is 5.82 Å². The predicted molar refractivity (Wildman–Crippen MR) is 146 cm³/mol. The normalized spacial score (nSPS) is 11.0. The van der Waals surface area contributed by atoms with Crippen LogP contribution >= 0.6 is 23.4 Å². The summed E-state index contributed by atoms with van der Waals surface area (Å²) >= 11 is 7.73. The van der Waals surface area contributed by atoms with Crippen molar-refractivity contribution in [2.75, 3.05) is 12.4 Å². The third-order valence-electron chi connectivity index (χ3n) is 5.37. The molecule has 0 saturated carbocycles. The van der Waals surface area contributed by atoms with Crippen molar-refractivity contribution in [3.05, 3.63) is 113 Å². The Kier molecular flexibility index (Phi) is 8.31. The Bertz CT molecular complexity index is 1410. The Morgan fingerprint density at radius 3 is 2.56 bits per heavy atom. The number of benzene rings is 4. The van der Waals surface area contributed by atoms with Crippen LogP contribution in [0.4, 0.5) is 15.8 Å². The zero-order valence-corrected chi connectivity index (χ0v) is 20.9. The van der Waals surface area contributed by atoms with Gasteiger partial charge in [-0.05, 0) is 70.8 Å². The van der Waals surface area contributed by atoms with E-state index in [2.05, 4.69) is 17.4 Å². The number of nitrogens with one attached hydrogen (secondary N) is 1. The van der Waals surface area contributed by atoms with Crippen LogP contribution in [0.25, 0.3) is 17.2 Å². The van der Waals surface area contributed by atoms with Gasteiger partial charge in [0.1, 0.15) is 11.4 Å². The predicted octanol–water partition coefficient (Wildman–Crippen LogP) is 8.29. The molecule has 7 heteroatoms. The Morgan fingerprint density at radius 1 is 1.03 bits per heavy atom. The molecule has 0 bridgehead atoms. The van der Waals surface area contributed by atoms with Crippen molar-refractivity contribution < 1.29 is 19.0 Å². The molecule has 2 N–H and O–H groups in total. The third-order valence-corrected chi connectivity index (χ3v) is 6.67. The number of hydrogen-bond donors (Lipinski definition) is 2. The van der Waals surface area contributed by atoms with Gasteiger partial charge in [0, 0.05) is 27.4 Å². The van der Waals surface area contributed by atoms with Gasteiger partial charge in [0.15, 0.2) is 5.82 Å². The lowest BCUT2D eigenvalue weighted by molar-refractivity contribution is -0.131. The first-order chi connectivity index (χ1) is 17.4. The fourth-order valence-electron chi connectivity index (χ4n) is 3.62. The Hall–Kier alpha value is -3.74. The van der Waals surface area contributed by atoms with Crippen LogP contribution < -0.4 is 10.1 Å². The molecule has 0 amide bonds. The largest absolute Gasteiger partial charge is 0.494 e. The van der Waals surface area contributed by atoms with Crippen molar-refractivity contribution in [3.8, 4) is 16.9 Å². The van der Waals surface area contributed by atoms with E-state index >= 15 is 4.39 Å². The van der Waals surface area contributed by atoms with Crippen LogP contribution in [0.5, 0.6) is 5.75 Å². The number of aliphatic carboxylic acids is 1. The van der Waals surface area contributed by atoms with Crippen molar-refractivity contribution in [3.63, 3.8) is 0 Å². The van der Waals surface area contributed by atoms with E-state index < -0.39 is 11.8 Å². The lowest BCUT2D eigenvalue weighted by Crippen LogP contribution is -2.01. The maximum atomic E-state index is 15.3. The summed E-state index contributed by atoms with van der Waals surface area (Å²) in [6.07, 6.45) is 2.55. The molecule has 0 saturated heterocycles. The van der Waals surface area contributed by atoms with E-state index in [1.807, 2.05) is 36.4 Å². The molecule has 0 fully saturated rings. The maximum Gasteiger partial charge on any atom is 0.328 e. The number of methoxy groups -OCH3 is 1. The van der Waals surface area contributed by atoms with E-state index in [1.165, 1.54) is 24.8 Å². The van der Waals surface area contributed by atoms with Crippen LogP contribution in [0.3, 0.4) is 0 Å². The molecule has 0 spiro atoms. The molecule has 0 radical (unpaired) electrons. The number of rotatable bonds is 9. The second-order valence-corrected chi connectivity index (χ2v) is 9.35. The number of hydrogen-bond acceptors (Lipinski definition) is 4. The molecule has 4 aromatic carbocycles. The Balaban J connectivity index is 1.65. The SMILES string of the molecule is COc1cc(-c2cccc(Cl)c2)cc(F)c1Nc1ccc(SCc2ccccc2)cc1C=CC(=O)O. The van der Waals surface area contributed by atoms with Gasteiger partial charge in [-0.25, -0.2) is 9.18 Å². The van der Waals surface area contributed by atoms with Crippen molar-refractivity contribution >= 4 is 46.8 Å². The van der Waals surface area contributed by atoms with Gasteiger partial charge >= 0.3 is 5.97 Å². The Morgan fingerprint density at radius 2 is 1.83 bits per heavy atom. The number of carboxylic acid groups (broad SMARTS) is 1. The monoisotopic (exact) mass is 519 g/mol. The molecule has 0 aliphatic heterocycles. The summed E-state index contributed by atoms with van der Waals surface area (Å²) in [5.74, 6) is -0.512. The van der Waals surface area contributed by atoms with E-state index in [0.29, 0.717) is 27.6 Å². The topological polar surface area (TPSA) is 58.6 Å². The van der Waals surface area contributed by atoms with Crippen LogP contribution in [0.15, 0.2) is 95.9 Å². The molecule has 182 valence electrons. The van der Waals surface area contributed by atoms with Crippen molar-refractivity contribution in [2.24, 2.45) is 0 Å². The average Bonchev–Trinajstić information content (AvgIpc) is 2.88. The first kappa shape index (κ1) is 25.4. The van der Waals surface area contributed by atoms with Crippen molar-refractivity contribution in [2.45, 2.75) is 10.6 Å². The summed E-state index contributed by atoms with van der Waals surface area (Å²) in [5, 5.41) is 12.8. The van der Waals surface area contributed by atoms with E-state index in [9.17, 15) is 4.79 Å². The van der Waals surface area contributed by atoms with Crippen LogP contribution in [0.2, 0.25) is 5.02 Å². The fourth-order valence-corrected chi connectivity index (χ4v) is 4.71. The second kappa shape index (κ2) is 11.8. The zero-order chi connectivity index (χ0) is 25.5. The van der Waals surface area contributed by atoms with E-state index in [0.717, 1.165) is 22.3 Å². The standard InChI is InChI=1S/C29H23ClFNO3S/c1-35-27-17-22(20-8-5-9-23(30)14-20)16-25(31)29(27)32-26-12-11-24(15-21(26)10-13-28(33)34)36-18-19-6-3-2-4-7-19/h2-17,32H,18H2,1H3,(H,33,34). The number of anilines is 2. The molecular formula is C29H23ClFNO3S. The van der Waals surface area contributed by atoms with Crippen molar-refractivity contribution in [1.82, 2.24) is 0 Å². The number of carboxylic acids is 1. The molecular weight excluding hydrogens is 497 g/mol. The Labute approximate surface area is 218 Å². The highest BCUT2D eigenvalue weighted by Crippen LogP contribution is 2.38. The van der Waals surface area contributed by atoms with E-state index in [4.69, 9.17) is 21.4 Å². The van der Waals surface area contributed by atoms with E-state index in [1.54, 1.807) is 42.1 Å². The van der Waals surface area contributed by atoms with Gasteiger partial charge in [0.05, 0.1) is 7.11 Å². The number of carbonyl (C=O) groups is 1. The highest BCUT2D eigenvalue weighted by molar-refractivity contribution is 7.98. The highest BCUT2D eigenvalue weighted by Gasteiger charge is 2.15. The van der Waals surface area contributed by atoms with Gasteiger partial charge in [0.25, 0.3) is 0 Å². The second-order valence-electron chi connectivity index (χ2n) is 7.87. The fraction of sp³-hybridized carbons (Fsp3) is 0.0690. The summed E-state index contributed by atoms with van der Waals surface area (Å²) in [6, 6.07) is 25.9. The summed E-state index contributed by atoms with van der Waals surface area (Å²) < 4.78 is 20.8. The molecule has 0 atom stereocenters. The summed E-state index contributed by atoms with van der Waals surface area (Å²) in [7, 11) is 1.47. The molecule has 0 aromatic heterocycles. The summed E-state index contributed by atoms with van der Waals surface area (Å²) in [6.45, 7) is 0. The van der Waals surface area contributed by atoms with Gasteiger partial charge in [-0.3, -0.25) is 0 Å². The molecule has 4 nitrogen and oxygen atoms in total. The minimum Gasteiger partial charge on any atom is -0.494 e. The van der Waals surface area contributed by atoms with E-state index in [-0.39, 0.29) is 5.69 Å². The quantitative estimate of drug-likeness (QED) is 0.172. The number of ether oxygens (including phenoxy) is 1. The first-order valence-electron chi connectivity index (χ1n) is 11.0. The molecule has 0 heterocycles. The molecule has 0 aliphatic carbocycles. The lowest BCUT2D eigenvalue weighted by atomic mass is 10.0. The first-order valence-corrected chi connectivity index (χ1v) is 12.4. The molecule has 0 aliphatic rings. The van der Waals surface area contributed by atoms with Crippen LogP contribution in [0.1, 0.15) is 11.1 Å². The number of thioether (sulfide) groups is 1. The number of halogens is 2. The minimum absolute atomic E-state index is 0.151. The smallest absolute Gasteiger partial charge is 0.328 e. The maximum absolute atomic E-state index is 15.3. The summed E-state index contributed by atoms with van der Waals surface area (Å²) in [5.41, 5.74) is 3.86. The molecule has 4 rings (SSSR count).